The summed E-state index contributed by atoms with van der Waals surface area (Å²) < 4.78 is 0. The van der Waals surface area contributed by atoms with E-state index in [1.807, 2.05) is 54.6 Å². The molecule has 0 radical (unpaired) electrons. The highest BCUT2D eigenvalue weighted by Crippen LogP contribution is 2.20. The Labute approximate surface area is 101 Å². The van der Waals surface area contributed by atoms with E-state index in [2.05, 4.69) is 6.58 Å². The third kappa shape index (κ3) is 2.85. The summed E-state index contributed by atoms with van der Waals surface area (Å²) in [5.41, 5.74) is 2.95. The highest BCUT2D eigenvalue weighted by molar-refractivity contribution is 5.72. The van der Waals surface area contributed by atoms with Crippen molar-refractivity contribution in [3.63, 3.8) is 0 Å². The molecule has 2 aromatic carbocycles. The van der Waals surface area contributed by atoms with Gasteiger partial charge < -0.3 is 5.11 Å². The molecule has 0 heterocycles. The zero-order valence-corrected chi connectivity index (χ0v) is 9.51. The van der Waals surface area contributed by atoms with Crippen LogP contribution in [0.3, 0.4) is 0 Å². The van der Waals surface area contributed by atoms with E-state index in [1.165, 1.54) is 0 Å². The lowest BCUT2D eigenvalue weighted by Crippen LogP contribution is -1.77. The molecule has 84 valence electrons. The number of phenolic OH excluding ortho intramolecular Hbond substituents is 1. The van der Waals surface area contributed by atoms with Crippen molar-refractivity contribution in [2.45, 2.75) is 0 Å². The molecule has 2 rings (SSSR count). The second-order valence-corrected chi connectivity index (χ2v) is 3.77. The third-order valence-corrected chi connectivity index (χ3v) is 2.54. The van der Waals surface area contributed by atoms with Crippen LogP contribution in [-0.4, -0.2) is 5.11 Å². The molecular formula is C16H14O. The van der Waals surface area contributed by atoms with Gasteiger partial charge in [0.05, 0.1) is 0 Å². The Hall–Kier alpha value is -2.28. The maximum Gasteiger partial charge on any atom is 0.122 e. The molecular weight excluding hydrogens is 208 g/mol. The lowest BCUT2D eigenvalue weighted by molar-refractivity contribution is 0.474. The number of phenols is 1. The van der Waals surface area contributed by atoms with Crippen molar-refractivity contribution >= 4 is 18.2 Å². The third-order valence-electron chi connectivity index (χ3n) is 2.54. The molecule has 0 spiro atoms. The smallest absolute Gasteiger partial charge is 0.122 e. The van der Waals surface area contributed by atoms with Crippen molar-refractivity contribution in [1.29, 1.82) is 0 Å². The second-order valence-electron chi connectivity index (χ2n) is 3.77. The number of hydrogen-bond acceptors (Lipinski definition) is 1. The van der Waals surface area contributed by atoms with E-state index in [4.69, 9.17) is 0 Å². The zero-order valence-electron chi connectivity index (χ0n) is 9.51. The summed E-state index contributed by atoms with van der Waals surface area (Å²) in [4.78, 5) is 0. The Bertz CT molecular complexity index is 539. The molecule has 2 aromatic rings. The van der Waals surface area contributed by atoms with Crippen LogP contribution in [0.15, 0.2) is 55.1 Å². The van der Waals surface area contributed by atoms with Crippen molar-refractivity contribution in [2.24, 2.45) is 0 Å². The Morgan fingerprint density at radius 1 is 0.882 bits per heavy atom. The minimum absolute atomic E-state index is 0.261. The van der Waals surface area contributed by atoms with Crippen LogP contribution in [0.4, 0.5) is 0 Å². The van der Waals surface area contributed by atoms with Crippen LogP contribution >= 0.6 is 0 Å². The molecule has 0 aliphatic carbocycles. The highest BCUT2D eigenvalue weighted by atomic mass is 16.3. The molecule has 0 saturated heterocycles. The fraction of sp³-hybridized carbons (Fsp3) is 0. The first-order valence-corrected chi connectivity index (χ1v) is 5.48. The molecule has 0 fully saturated rings. The summed E-state index contributed by atoms with van der Waals surface area (Å²) in [6, 6.07) is 15.6. The molecule has 0 saturated carbocycles. The van der Waals surface area contributed by atoms with E-state index in [9.17, 15) is 5.11 Å². The van der Waals surface area contributed by atoms with Gasteiger partial charge >= 0.3 is 0 Å². The summed E-state index contributed by atoms with van der Waals surface area (Å²) in [7, 11) is 0. The van der Waals surface area contributed by atoms with Crippen LogP contribution in [0.5, 0.6) is 5.75 Å². The Morgan fingerprint density at radius 3 is 2.29 bits per heavy atom. The number of hydrogen-bond donors (Lipinski definition) is 1. The SMILES string of the molecule is C=Cc1cc(C=Cc2ccccc2)ccc1O. The van der Waals surface area contributed by atoms with Gasteiger partial charge in [0, 0.05) is 5.56 Å². The molecule has 1 heteroatoms. The zero-order chi connectivity index (χ0) is 12.1. The fourth-order valence-electron chi connectivity index (χ4n) is 1.60. The van der Waals surface area contributed by atoms with Crippen LogP contribution in [0.2, 0.25) is 0 Å². The first-order chi connectivity index (χ1) is 8.29. The average Bonchev–Trinajstić information content (AvgIpc) is 2.39. The van der Waals surface area contributed by atoms with E-state index >= 15 is 0 Å². The summed E-state index contributed by atoms with van der Waals surface area (Å²) in [6.45, 7) is 3.67. The van der Waals surface area contributed by atoms with Crippen LogP contribution in [-0.2, 0) is 0 Å². The second kappa shape index (κ2) is 5.17. The molecule has 0 aliphatic heterocycles. The lowest BCUT2D eigenvalue weighted by atomic mass is 10.1. The van der Waals surface area contributed by atoms with Gasteiger partial charge in [0.15, 0.2) is 0 Å². The molecule has 0 atom stereocenters. The van der Waals surface area contributed by atoms with Crippen molar-refractivity contribution in [3.8, 4) is 5.75 Å². The quantitative estimate of drug-likeness (QED) is 0.771. The van der Waals surface area contributed by atoms with Gasteiger partial charge in [-0.25, -0.2) is 0 Å². The number of benzene rings is 2. The van der Waals surface area contributed by atoms with Crippen molar-refractivity contribution < 1.29 is 5.11 Å². The summed E-state index contributed by atoms with van der Waals surface area (Å²) in [5.74, 6) is 0.261. The molecule has 1 N–H and O–H groups in total. The van der Waals surface area contributed by atoms with Crippen molar-refractivity contribution in [1.82, 2.24) is 0 Å². The first-order valence-electron chi connectivity index (χ1n) is 5.48. The van der Waals surface area contributed by atoms with Crippen LogP contribution in [0.25, 0.3) is 18.2 Å². The average molecular weight is 222 g/mol. The Kier molecular flexibility index (Phi) is 3.41. The topological polar surface area (TPSA) is 20.2 Å². The predicted molar refractivity (Wildman–Crippen MR) is 73.6 cm³/mol. The Balaban J connectivity index is 2.25. The van der Waals surface area contributed by atoms with Crippen LogP contribution in [0, 0.1) is 0 Å². The monoisotopic (exact) mass is 222 g/mol. The van der Waals surface area contributed by atoms with E-state index in [0.717, 1.165) is 16.7 Å². The van der Waals surface area contributed by atoms with Gasteiger partial charge in [-0.3, -0.25) is 0 Å². The van der Waals surface area contributed by atoms with Gasteiger partial charge in [0.1, 0.15) is 5.75 Å². The van der Waals surface area contributed by atoms with Crippen molar-refractivity contribution in [3.05, 3.63) is 71.8 Å². The van der Waals surface area contributed by atoms with Gasteiger partial charge in [-0.1, -0.05) is 61.2 Å². The van der Waals surface area contributed by atoms with E-state index < -0.39 is 0 Å². The first kappa shape index (κ1) is 11.2. The van der Waals surface area contributed by atoms with Crippen molar-refractivity contribution in [2.75, 3.05) is 0 Å². The van der Waals surface area contributed by atoms with Gasteiger partial charge in [0.25, 0.3) is 0 Å². The maximum atomic E-state index is 9.52. The van der Waals surface area contributed by atoms with Crippen LogP contribution in [0.1, 0.15) is 16.7 Å². The van der Waals surface area contributed by atoms with Gasteiger partial charge in [-0.15, -0.1) is 0 Å². The summed E-state index contributed by atoms with van der Waals surface area (Å²) in [5, 5.41) is 9.52. The van der Waals surface area contributed by atoms with E-state index in [-0.39, 0.29) is 5.75 Å². The van der Waals surface area contributed by atoms with Gasteiger partial charge in [-0.05, 0) is 23.3 Å². The maximum absolute atomic E-state index is 9.52. The largest absolute Gasteiger partial charge is 0.507 e. The number of rotatable bonds is 3. The summed E-state index contributed by atoms with van der Waals surface area (Å²) in [6.07, 6.45) is 5.70. The van der Waals surface area contributed by atoms with Gasteiger partial charge in [-0.2, -0.15) is 0 Å². The fourth-order valence-corrected chi connectivity index (χ4v) is 1.60. The summed E-state index contributed by atoms with van der Waals surface area (Å²) >= 11 is 0. The van der Waals surface area contributed by atoms with E-state index in [0.29, 0.717) is 0 Å². The predicted octanol–water partition coefficient (Wildman–Crippen LogP) is 4.21. The minimum atomic E-state index is 0.261. The molecule has 0 unspecified atom stereocenters. The van der Waals surface area contributed by atoms with Crippen LogP contribution < -0.4 is 0 Å². The minimum Gasteiger partial charge on any atom is -0.507 e. The van der Waals surface area contributed by atoms with E-state index in [1.54, 1.807) is 12.1 Å². The molecule has 17 heavy (non-hydrogen) atoms. The molecule has 0 amide bonds. The normalized spacial score (nSPS) is 10.6. The molecule has 1 nitrogen and oxygen atoms in total. The molecule has 0 aromatic heterocycles. The standard InChI is InChI=1S/C16H14O/c1-2-15-12-14(10-11-16(15)17)9-8-13-6-4-3-5-7-13/h2-12,17H,1H2. The lowest BCUT2D eigenvalue weighted by Gasteiger charge is -2.00. The van der Waals surface area contributed by atoms with Gasteiger partial charge in [0.2, 0.25) is 0 Å². The Morgan fingerprint density at radius 2 is 1.59 bits per heavy atom. The molecule has 0 aliphatic rings. The highest BCUT2D eigenvalue weighted by Gasteiger charge is 1.96. The number of aromatic hydroxyl groups is 1. The molecule has 0 bridgehead atoms.